The number of imidazole rings is 1. The zero-order valence-electron chi connectivity index (χ0n) is 18.3. The number of pyridine rings is 1. The minimum absolute atomic E-state index is 0.250. The Hall–Kier alpha value is -4.34. The molecule has 8 nitrogen and oxygen atoms in total. The Bertz CT molecular complexity index is 1560. The van der Waals surface area contributed by atoms with Crippen molar-refractivity contribution in [2.24, 2.45) is 0 Å². The summed E-state index contributed by atoms with van der Waals surface area (Å²) in [5, 5.41) is 14.7. The van der Waals surface area contributed by atoms with Gasteiger partial charge in [-0.2, -0.15) is 5.10 Å². The van der Waals surface area contributed by atoms with E-state index >= 15 is 0 Å². The standard InChI is InChI=1S/C24H14Cl2FN5O.CH2O2/c25-18-8-5-16(12-19(18)26)24(33)30-20-13-15(9-11-28-20)23-22(14-3-6-17(27)7-4-14)31-21-2-1-10-29-32(21)23;2-1-3/h1-13H,(H,28,30,33);1H,(H,2,3). The molecular weight excluding hydrogens is 508 g/mol. The minimum Gasteiger partial charge on any atom is -0.483 e. The maximum atomic E-state index is 13.5. The van der Waals surface area contributed by atoms with Gasteiger partial charge in [0.1, 0.15) is 17.3 Å². The Balaban J connectivity index is 0.000000967. The summed E-state index contributed by atoms with van der Waals surface area (Å²) in [4.78, 5) is 30.0. The monoisotopic (exact) mass is 523 g/mol. The zero-order valence-corrected chi connectivity index (χ0v) is 19.8. The number of nitrogens with zero attached hydrogens (tertiary/aromatic N) is 4. The molecule has 3 heterocycles. The van der Waals surface area contributed by atoms with Gasteiger partial charge in [-0.25, -0.2) is 18.9 Å². The number of nitrogens with one attached hydrogen (secondary N) is 1. The number of hydrogen-bond donors (Lipinski definition) is 2. The number of rotatable bonds is 4. The van der Waals surface area contributed by atoms with Crippen molar-refractivity contribution < 1.29 is 19.1 Å². The van der Waals surface area contributed by atoms with E-state index in [1.807, 2.05) is 6.07 Å². The first-order chi connectivity index (χ1) is 17.4. The molecule has 0 atom stereocenters. The Morgan fingerprint density at radius 3 is 2.44 bits per heavy atom. The topological polar surface area (TPSA) is 109 Å². The van der Waals surface area contributed by atoms with E-state index in [0.29, 0.717) is 33.4 Å². The highest BCUT2D eigenvalue weighted by Crippen LogP contribution is 2.33. The van der Waals surface area contributed by atoms with E-state index in [-0.39, 0.29) is 23.2 Å². The first-order valence-corrected chi connectivity index (χ1v) is 11.1. The van der Waals surface area contributed by atoms with Gasteiger partial charge in [-0.3, -0.25) is 9.59 Å². The van der Waals surface area contributed by atoms with Gasteiger partial charge in [-0.05, 0) is 66.7 Å². The average molecular weight is 524 g/mol. The summed E-state index contributed by atoms with van der Waals surface area (Å²) in [6.07, 6.45) is 3.23. The number of carboxylic acid groups (broad SMARTS) is 1. The minimum atomic E-state index is -0.381. The van der Waals surface area contributed by atoms with Crippen LogP contribution in [0.15, 0.2) is 79.1 Å². The van der Waals surface area contributed by atoms with Crippen LogP contribution in [0.4, 0.5) is 10.2 Å². The lowest BCUT2D eigenvalue weighted by molar-refractivity contribution is -0.122. The molecule has 0 unspecified atom stereocenters. The Morgan fingerprint density at radius 2 is 1.72 bits per heavy atom. The summed E-state index contributed by atoms with van der Waals surface area (Å²) in [7, 11) is 0. The van der Waals surface area contributed by atoms with E-state index in [2.05, 4.69) is 20.4 Å². The molecule has 0 bridgehead atoms. The van der Waals surface area contributed by atoms with Crippen LogP contribution in [0.3, 0.4) is 0 Å². The van der Waals surface area contributed by atoms with Gasteiger partial charge in [0, 0.05) is 29.1 Å². The largest absolute Gasteiger partial charge is 0.483 e. The van der Waals surface area contributed by atoms with Gasteiger partial charge in [-0.15, -0.1) is 0 Å². The third-order valence-corrected chi connectivity index (χ3v) is 5.71. The van der Waals surface area contributed by atoms with Gasteiger partial charge < -0.3 is 10.4 Å². The molecule has 2 aromatic carbocycles. The number of anilines is 1. The molecule has 3 aromatic heterocycles. The summed E-state index contributed by atoms with van der Waals surface area (Å²) < 4.78 is 15.2. The quantitative estimate of drug-likeness (QED) is 0.285. The summed E-state index contributed by atoms with van der Waals surface area (Å²) in [5.41, 5.74) is 3.74. The lowest BCUT2D eigenvalue weighted by Crippen LogP contribution is -2.13. The zero-order chi connectivity index (χ0) is 25.7. The lowest BCUT2D eigenvalue weighted by atomic mass is 10.1. The molecular formula is C25H16Cl2FN5O3. The van der Waals surface area contributed by atoms with Crippen molar-refractivity contribution in [1.82, 2.24) is 19.6 Å². The van der Waals surface area contributed by atoms with Crippen molar-refractivity contribution in [1.29, 1.82) is 0 Å². The molecule has 0 aliphatic heterocycles. The smallest absolute Gasteiger partial charge is 0.290 e. The summed E-state index contributed by atoms with van der Waals surface area (Å²) in [5.74, 6) is -0.383. The van der Waals surface area contributed by atoms with Crippen LogP contribution < -0.4 is 5.32 Å². The van der Waals surface area contributed by atoms with Gasteiger partial charge in [0.2, 0.25) is 0 Å². The van der Waals surface area contributed by atoms with Gasteiger partial charge in [-0.1, -0.05) is 23.2 Å². The van der Waals surface area contributed by atoms with E-state index < -0.39 is 0 Å². The number of carbonyl (C=O) groups excluding carboxylic acids is 1. The SMILES string of the molecule is O=C(Nc1cc(-c2c(-c3ccc(F)cc3)nc3cccnn23)ccn1)c1ccc(Cl)c(Cl)c1.O=CO. The molecule has 2 N–H and O–H groups in total. The number of fused-ring (bicyclic) bond motifs is 1. The number of amides is 1. The van der Waals surface area contributed by atoms with Crippen molar-refractivity contribution in [2.75, 3.05) is 5.32 Å². The number of halogens is 3. The molecule has 0 spiro atoms. The van der Waals surface area contributed by atoms with Crippen molar-refractivity contribution in [2.45, 2.75) is 0 Å². The van der Waals surface area contributed by atoms with E-state index in [1.165, 1.54) is 18.2 Å². The van der Waals surface area contributed by atoms with Gasteiger partial charge in [0.05, 0.1) is 15.7 Å². The highest BCUT2D eigenvalue weighted by molar-refractivity contribution is 6.42. The highest BCUT2D eigenvalue weighted by Gasteiger charge is 2.18. The second kappa shape index (κ2) is 10.9. The van der Waals surface area contributed by atoms with Crippen LogP contribution in [0, 0.1) is 5.82 Å². The average Bonchev–Trinajstić information content (AvgIpc) is 3.26. The van der Waals surface area contributed by atoms with Gasteiger partial charge in [0.15, 0.2) is 5.65 Å². The highest BCUT2D eigenvalue weighted by atomic mass is 35.5. The van der Waals surface area contributed by atoms with E-state index in [9.17, 15) is 9.18 Å². The number of hydrogen-bond acceptors (Lipinski definition) is 5. The van der Waals surface area contributed by atoms with Crippen LogP contribution in [0.2, 0.25) is 10.0 Å². The molecule has 0 aliphatic rings. The van der Waals surface area contributed by atoms with Crippen molar-refractivity contribution in [3.05, 3.63) is 101 Å². The van der Waals surface area contributed by atoms with Crippen LogP contribution in [0.25, 0.3) is 28.2 Å². The molecule has 1 amide bonds. The first kappa shape index (κ1) is 24.8. The summed E-state index contributed by atoms with van der Waals surface area (Å²) in [6, 6.07) is 17.8. The second-order valence-corrected chi connectivity index (χ2v) is 8.04. The normalized spacial score (nSPS) is 10.4. The fraction of sp³-hybridized carbons (Fsp3) is 0. The Morgan fingerprint density at radius 1 is 0.972 bits per heavy atom. The van der Waals surface area contributed by atoms with Crippen LogP contribution in [-0.2, 0) is 4.79 Å². The second-order valence-electron chi connectivity index (χ2n) is 7.23. The molecule has 5 aromatic rings. The number of carbonyl (C=O) groups is 2. The van der Waals surface area contributed by atoms with Crippen LogP contribution in [0.1, 0.15) is 10.4 Å². The number of benzene rings is 2. The molecule has 36 heavy (non-hydrogen) atoms. The van der Waals surface area contributed by atoms with Crippen molar-refractivity contribution in [3.63, 3.8) is 0 Å². The van der Waals surface area contributed by atoms with Crippen LogP contribution >= 0.6 is 23.2 Å². The van der Waals surface area contributed by atoms with Crippen LogP contribution in [0.5, 0.6) is 0 Å². The Labute approximate surface area is 214 Å². The third-order valence-electron chi connectivity index (χ3n) is 4.97. The summed E-state index contributed by atoms with van der Waals surface area (Å²) in [6.45, 7) is -0.250. The molecule has 0 aliphatic carbocycles. The lowest BCUT2D eigenvalue weighted by Gasteiger charge is -2.09. The Kier molecular flexibility index (Phi) is 7.53. The van der Waals surface area contributed by atoms with Crippen molar-refractivity contribution in [3.8, 4) is 22.5 Å². The van der Waals surface area contributed by atoms with E-state index in [0.717, 1.165) is 11.1 Å². The van der Waals surface area contributed by atoms with Gasteiger partial charge >= 0.3 is 0 Å². The fourth-order valence-corrected chi connectivity index (χ4v) is 3.73. The molecule has 0 saturated carbocycles. The predicted octanol–water partition coefficient (Wildman–Crippen LogP) is 5.86. The molecule has 0 radical (unpaired) electrons. The number of aromatic nitrogens is 4. The predicted molar refractivity (Wildman–Crippen MR) is 135 cm³/mol. The molecule has 5 rings (SSSR count). The van der Waals surface area contributed by atoms with Crippen LogP contribution in [-0.4, -0.2) is 37.1 Å². The molecule has 11 heteroatoms. The fourth-order valence-electron chi connectivity index (χ4n) is 3.43. The maximum Gasteiger partial charge on any atom is 0.290 e. The van der Waals surface area contributed by atoms with Gasteiger partial charge in [0.25, 0.3) is 12.4 Å². The molecule has 0 fully saturated rings. The third kappa shape index (κ3) is 5.32. The molecule has 0 saturated heterocycles. The molecule has 180 valence electrons. The van der Waals surface area contributed by atoms with E-state index in [4.69, 9.17) is 33.1 Å². The van der Waals surface area contributed by atoms with Crippen molar-refractivity contribution >= 4 is 47.0 Å². The maximum absolute atomic E-state index is 13.5. The summed E-state index contributed by atoms with van der Waals surface area (Å²) >= 11 is 12.0. The van der Waals surface area contributed by atoms with E-state index in [1.54, 1.807) is 59.4 Å². The first-order valence-electron chi connectivity index (χ1n) is 10.3.